The summed E-state index contributed by atoms with van der Waals surface area (Å²) >= 11 is 0. The summed E-state index contributed by atoms with van der Waals surface area (Å²) in [7, 11) is 0. The Hall–Kier alpha value is -0.200. The van der Waals surface area contributed by atoms with E-state index in [0.29, 0.717) is 19.1 Å². The van der Waals surface area contributed by atoms with E-state index in [1.54, 1.807) is 0 Å². The van der Waals surface area contributed by atoms with Crippen molar-refractivity contribution in [2.24, 2.45) is 5.92 Å². The maximum absolute atomic E-state index is 5.65. The van der Waals surface area contributed by atoms with Crippen LogP contribution in [0.1, 0.15) is 33.6 Å². The third kappa shape index (κ3) is 10.5. The van der Waals surface area contributed by atoms with Crippen molar-refractivity contribution in [2.75, 3.05) is 65.7 Å². The third-order valence-electron chi connectivity index (χ3n) is 3.98. The molecule has 0 aromatic carbocycles. The molecule has 5 nitrogen and oxygen atoms in total. The lowest BCUT2D eigenvalue weighted by molar-refractivity contribution is 0.0364. The normalized spacial score (nSPS) is 17.5. The lowest BCUT2D eigenvalue weighted by Gasteiger charge is -2.32. The van der Waals surface area contributed by atoms with Crippen molar-refractivity contribution in [2.45, 2.75) is 39.7 Å². The molecule has 132 valence electrons. The highest BCUT2D eigenvalue weighted by molar-refractivity contribution is 4.76. The first-order valence-electron chi connectivity index (χ1n) is 9.04. The Bertz CT molecular complexity index is 244. The van der Waals surface area contributed by atoms with E-state index in [0.717, 1.165) is 45.4 Å². The van der Waals surface area contributed by atoms with E-state index in [9.17, 15) is 0 Å². The molecule has 2 N–H and O–H groups in total. The number of rotatable bonds is 13. The van der Waals surface area contributed by atoms with Crippen molar-refractivity contribution >= 4 is 0 Å². The summed E-state index contributed by atoms with van der Waals surface area (Å²) in [6.07, 6.45) is 2.53. The summed E-state index contributed by atoms with van der Waals surface area (Å²) < 4.78 is 11.2. The molecule has 1 aliphatic heterocycles. The van der Waals surface area contributed by atoms with E-state index >= 15 is 0 Å². The molecule has 1 aliphatic rings. The Morgan fingerprint density at radius 3 is 2.36 bits per heavy atom. The summed E-state index contributed by atoms with van der Waals surface area (Å²) in [6, 6.07) is 0.722. The summed E-state index contributed by atoms with van der Waals surface area (Å²) in [5.74, 6) is 0.700. The lowest BCUT2D eigenvalue weighted by atomic mass is 10.1. The number of likely N-dealkylation sites (tertiary alicyclic amines) is 1. The van der Waals surface area contributed by atoms with Crippen LogP contribution in [0.3, 0.4) is 0 Å². The summed E-state index contributed by atoms with van der Waals surface area (Å²) in [4.78, 5) is 2.50. The van der Waals surface area contributed by atoms with Gasteiger partial charge >= 0.3 is 0 Å². The molecule has 0 unspecified atom stereocenters. The minimum Gasteiger partial charge on any atom is -0.378 e. The van der Waals surface area contributed by atoms with Crippen LogP contribution in [0, 0.1) is 5.92 Å². The van der Waals surface area contributed by atoms with Gasteiger partial charge in [0.05, 0.1) is 26.4 Å². The zero-order valence-electron chi connectivity index (χ0n) is 14.9. The van der Waals surface area contributed by atoms with Crippen molar-refractivity contribution in [3.05, 3.63) is 0 Å². The van der Waals surface area contributed by atoms with Crippen LogP contribution < -0.4 is 10.6 Å². The predicted octanol–water partition coefficient (Wildman–Crippen LogP) is 1.34. The molecule has 0 atom stereocenters. The van der Waals surface area contributed by atoms with Gasteiger partial charge in [0.2, 0.25) is 0 Å². The van der Waals surface area contributed by atoms with Crippen molar-refractivity contribution in [1.82, 2.24) is 15.5 Å². The zero-order chi connectivity index (χ0) is 16.0. The van der Waals surface area contributed by atoms with Crippen molar-refractivity contribution < 1.29 is 9.47 Å². The number of nitrogens with one attached hydrogen (secondary N) is 2. The smallest absolute Gasteiger partial charge is 0.0701 e. The van der Waals surface area contributed by atoms with Crippen LogP contribution in [0.2, 0.25) is 0 Å². The second-order valence-electron chi connectivity index (χ2n) is 6.50. The van der Waals surface area contributed by atoms with E-state index in [1.165, 1.54) is 25.9 Å². The highest BCUT2D eigenvalue weighted by atomic mass is 16.5. The van der Waals surface area contributed by atoms with Crippen molar-refractivity contribution in [3.63, 3.8) is 0 Å². The highest BCUT2D eigenvalue weighted by Crippen LogP contribution is 2.09. The maximum atomic E-state index is 5.65. The number of nitrogens with zero attached hydrogens (tertiary/aromatic N) is 1. The van der Waals surface area contributed by atoms with Gasteiger partial charge in [-0.15, -0.1) is 0 Å². The van der Waals surface area contributed by atoms with Crippen LogP contribution in [-0.2, 0) is 9.47 Å². The summed E-state index contributed by atoms with van der Waals surface area (Å²) in [5, 5.41) is 6.90. The topological polar surface area (TPSA) is 45.8 Å². The minimum absolute atomic E-state index is 0.700. The molecule has 1 rings (SSSR count). The minimum atomic E-state index is 0.700. The van der Waals surface area contributed by atoms with Crippen molar-refractivity contribution in [1.29, 1.82) is 0 Å². The molecule has 22 heavy (non-hydrogen) atoms. The Balaban J connectivity index is 1.80. The van der Waals surface area contributed by atoms with E-state index in [-0.39, 0.29) is 0 Å². The SMILES string of the molecule is CCNC1CCN(CCOCCOCCNCC(C)C)CC1. The first kappa shape index (κ1) is 19.8. The van der Waals surface area contributed by atoms with E-state index in [2.05, 4.69) is 36.3 Å². The number of hydrogen-bond donors (Lipinski definition) is 2. The van der Waals surface area contributed by atoms with Gasteiger partial charge < -0.3 is 25.0 Å². The Kier molecular flexibility index (Phi) is 12.0. The molecule has 1 heterocycles. The monoisotopic (exact) mass is 315 g/mol. The molecule has 0 aromatic rings. The van der Waals surface area contributed by atoms with Gasteiger partial charge in [-0.05, 0) is 44.9 Å². The summed E-state index contributed by atoms with van der Waals surface area (Å²) in [5.41, 5.74) is 0. The Morgan fingerprint density at radius 1 is 1.05 bits per heavy atom. The van der Waals surface area contributed by atoms with Crippen LogP contribution in [-0.4, -0.2) is 76.6 Å². The van der Waals surface area contributed by atoms with Gasteiger partial charge in [0.15, 0.2) is 0 Å². The molecule has 0 bridgehead atoms. The maximum Gasteiger partial charge on any atom is 0.0701 e. The molecule has 0 aliphatic carbocycles. The van der Waals surface area contributed by atoms with Gasteiger partial charge in [-0.2, -0.15) is 0 Å². The number of piperidine rings is 1. The molecule has 0 spiro atoms. The van der Waals surface area contributed by atoms with E-state index in [1.807, 2.05) is 0 Å². The second kappa shape index (κ2) is 13.3. The molecule has 5 heteroatoms. The zero-order valence-corrected chi connectivity index (χ0v) is 14.9. The lowest BCUT2D eigenvalue weighted by Crippen LogP contribution is -2.43. The first-order valence-corrected chi connectivity index (χ1v) is 9.04. The van der Waals surface area contributed by atoms with Crippen LogP contribution in [0.4, 0.5) is 0 Å². The summed E-state index contributed by atoms with van der Waals surface area (Å²) in [6.45, 7) is 16.1. The molecule has 1 saturated heterocycles. The van der Waals surface area contributed by atoms with Gasteiger partial charge in [0, 0.05) is 19.1 Å². The highest BCUT2D eigenvalue weighted by Gasteiger charge is 2.17. The first-order chi connectivity index (χ1) is 10.7. The van der Waals surface area contributed by atoms with Gasteiger partial charge in [0.25, 0.3) is 0 Å². The third-order valence-corrected chi connectivity index (χ3v) is 3.98. The Morgan fingerprint density at radius 2 is 1.73 bits per heavy atom. The largest absolute Gasteiger partial charge is 0.378 e. The average Bonchev–Trinajstić information content (AvgIpc) is 2.51. The van der Waals surface area contributed by atoms with Crippen LogP contribution in [0.5, 0.6) is 0 Å². The van der Waals surface area contributed by atoms with Crippen LogP contribution in [0.25, 0.3) is 0 Å². The fourth-order valence-electron chi connectivity index (χ4n) is 2.70. The molecule has 0 amide bonds. The van der Waals surface area contributed by atoms with E-state index in [4.69, 9.17) is 9.47 Å². The fraction of sp³-hybridized carbons (Fsp3) is 1.00. The van der Waals surface area contributed by atoms with Gasteiger partial charge in [0.1, 0.15) is 0 Å². The quantitative estimate of drug-likeness (QED) is 0.502. The molecule has 0 aromatic heterocycles. The molecular formula is C17H37N3O2. The van der Waals surface area contributed by atoms with Crippen LogP contribution >= 0.6 is 0 Å². The fourth-order valence-corrected chi connectivity index (χ4v) is 2.70. The Labute approximate surface area is 137 Å². The molecule has 0 saturated carbocycles. The van der Waals surface area contributed by atoms with Gasteiger partial charge in [-0.25, -0.2) is 0 Å². The molecule has 0 radical (unpaired) electrons. The van der Waals surface area contributed by atoms with Crippen molar-refractivity contribution in [3.8, 4) is 0 Å². The average molecular weight is 316 g/mol. The van der Waals surface area contributed by atoms with Gasteiger partial charge in [-0.3, -0.25) is 0 Å². The van der Waals surface area contributed by atoms with Crippen LogP contribution in [0.15, 0.2) is 0 Å². The predicted molar refractivity (Wildman–Crippen MR) is 92.5 cm³/mol. The standard InChI is InChI=1S/C17H37N3O2/c1-4-19-17-5-8-20(9-6-17)10-12-22-14-13-21-11-7-18-15-16(2)3/h16-19H,4-15H2,1-3H3. The number of ether oxygens (including phenoxy) is 2. The van der Waals surface area contributed by atoms with Gasteiger partial charge in [-0.1, -0.05) is 20.8 Å². The second-order valence-corrected chi connectivity index (χ2v) is 6.50. The molecular weight excluding hydrogens is 278 g/mol. The number of hydrogen-bond acceptors (Lipinski definition) is 5. The molecule has 1 fully saturated rings. The van der Waals surface area contributed by atoms with E-state index < -0.39 is 0 Å².